The largest absolute Gasteiger partial charge is 0.462 e. The summed E-state index contributed by atoms with van der Waals surface area (Å²) in [7, 11) is 3.45. The van der Waals surface area contributed by atoms with Gasteiger partial charge in [-0.05, 0) is 51.4 Å². The Morgan fingerprint density at radius 1 is 1.04 bits per heavy atom. The molecule has 1 aromatic carbocycles. The lowest BCUT2D eigenvalue weighted by Gasteiger charge is -2.47. The number of allylic oxidation sites excluding steroid dienone is 3. The molecule has 2 aliphatic rings. The van der Waals surface area contributed by atoms with Gasteiger partial charge in [0, 0.05) is 24.2 Å². The minimum Gasteiger partial charge on any atom is -0.462 e. The lowest BCUT2D eigenvalue weighted by Crippen LogP contribution is -2.64. The third-order valence-electron chi connectivity index (χ3n) is 9.56. The number of esters is 1. The average molecular weight is 690 g/mol. The van der Waals surface area contributed by atoms with E-state index in [1.165, 1.54) is 6.08 Å². The highest BCUT2D eigenvalue weighted by atomic mass is 16.8. The summed E-state index contributed by atoms with van der Waals surface area (Å²) in [6.45, 7) is 6.85. The van der Waals surface area contributed by atoms with Crippen LogP contribution in [0.5, 0.6) is 0 Å². The molecule has 0 amide bonds. The highest BCUT2D eigenvalue weighted by Gasteiger charge is 2.49. The number of aliphatic hydroxyl groups is 4. The Kier molecular flexibility index (Phi) is 16.2. The summed E-state index contributed by atoms with van der Waals surface area (Å²) in [5.41, 5.74) is 1.56. The van der Waals surface area contributed by atoms with Crippen LogP contribution in [0.1, 0.15) is 58.9 Å². The molecule has 0 unspecified atom stereocenters. The van der Waals surface area contributed by atoms with Crippen molar-refractivity contribution in [3.63, 3.8) is 0 Å². The van der Waals surface area contributed by atoms with E-state index in [1.54, 1.807) is 51.9 Å². The summed E-state index contributed by atoms with van der Waals surface area (Å²) in [6, 6.07) is 8.58. The molecule has 49 heavy (non-hydrogen) atoms. The monoisotopic (exact) mass is 689 g/mol. The number of cyclic esters (lactones) is 1. The number of aliphatic hydroxyl groups excluding tert-OH is 4. The molecule has 0 radical (unpaired) electrons. The maximum Gasteiger partial charge on any atom is 0.308 e. The number of ether oxygens (including phenoxy) is 4. The van der Waals surface area contributed by atoms with Crippen LogP contribution in [0.3, 0.4) is 0 Å². The van der Waals surface area contributed by atoms with Gasteiger partial charge in [-0.15, -0.1) is 0 Å². The van der Waals surface area contributed by atoms with Gasteiger partial charge in [-0.3, -0.25) is 9.59 Å². The van der Waals surface area contributed by atoms with Gasteiger partial charge in [0.05, 0.1) is 37.9 Å². The molecule has 1 saturated heterocycles. The van der Waals surface area contributed by atoms with Crippen molar-refractivity contribution in [2.75, 3.05) is 20.7 Å². The lowest BCUT2D eigenvalue weighted by atomic mass is 9.79. The van der Waals surface area contributed by atoms with Crippen LogP contribution in [0.4, 0.5) is 0 Å². The van der Waals surface area contributed by atoms with Gasteiger partial charge < -0.3 is 49.1 Å². The fraction of sp³-hybridized carbons (Fsp3) is 0.649. The minimum absolute atomic E-state index is 0.0478. The van der Waals surface area contributed by atoms with Crippen molar-refractivity contribution in [1.82, 2.24) is 4.90 Å². The molecule has 0 saturated carbocycles. The summed E-state index contributed by atoms with van der Waals surface area (Å²) in [4.78, 5) is 40.0. The topological polar surface area (TPSA) is 172 Å². The van der Waals surface area contributed by atoms with E-state index in [9.17, 15) is 34.8 Å². The normalized spacial score (nSPS) is 37.2. The Morgan fingerprint density at radius 3 is 2.35 bits per heavy atom. The molecular formula is C37H55NO11. The summed E-state index contributed by atoms with van der Waals surface area (Å²) >= 11 is 0. The number of likely N-dealkylation sites (N-methyl/N-ethyl adjacent to an activating group) is 1. The van der Waals surface area contributed by atoms with Crippen LogP contribution in [0.25, 0.3) is 0 Å². The predicted octanol–water partition coefficient (Wildman–Crippen LogP) is 2.56. The Morgan fingerprint density at radius 2 is 1.73 bits per heavy atom. The van der Waals surface area contributed by atoms with E-state index >= 15 is 0 Å². The van der Waals surface area contributed by atoms with Gasteiger partial charge in [-0.1, -0.05) is 68.8 Å². The van der Waals surface area contributed by atoms with Gasteiger partial charge in [-0.2, -0.15) is 0 Å². The number of hydrogen-bond donors (Lipinski definition) is 4. The van der Waals surface area contributed by atoms with Crippen LogP contribution in [0, 0.1) is 23.7 Å². The molecule has 3 rings (SSSR count). The van der Waals surface area contributed by atoms with E-state index in [4.69, 9.17) is 18.9 Å². The van der Waals surface area contributed by atoms with Crippen LogP contribution in [0.15, 0.2) is 54.1 Å². The van der Waals surface area contributed by atoms with E-state index in [0.29, 0.717) is 18.3 Å². The van der Waals surface area contributed by atoms with E-state index in [1.807, 2.05) is 37.3 Å². The highest BCUT2D eigenvalue weighted by Crippen LogP contribution is 2.35. The summed E-state index contributed by atoms with van der Waals surface area (Å²) in [5, 5.41) is 44.2. The molecule has 0 aliphatic carbocycles. The third-order valence-corrected chi connectivity index (χ3v) is 9.56. The van der Waals surface area contributed by atoms with E-state index in [0.717, 1.165) is 5.56 Å². The molecule has 2 aliphatic heterocycles. The molecule has 2 heterocycles. The van der Waals surface area contributed by atoms with Crippen LogP contribution >= 0.6 is 0 Å². The fourth-order valence-corrected chi connectivity index (χ4v) is 6.67. The van der Waals surface area contributed by atoms with Crippen molar-refractivity contribution < 1.29 is 53.8 Å². The van der Waals surface area contributed by atoms with Gasteiger partial charge in [0.2, 0.25) is 0 Å². The number of carbonyl (C=O) groups is 3. The van der Waals surface area contributed by atoms with Crippen molar-refractivity contribution in [3.05, 3.63) is 59.7 Å². The molecule has 1 fully saturated rings. The Labute approximate surface area is 289 Å². The van der Waals surface area contributed by atoms with Crippen LogP contribution in [-0.4, -0.2) is 113 Å². The molecule has 12 nitrogen and oxygen atoms in total. The van der Waals surface area contributed by atoms with E-state index in [2.05, 4.69) is 0 Å². The van der Waals surface area contributed by atoms with Crippen LogP contribution in [-0.2, 0) is 39.9 Å². The molecule has 4 N–H and O–H groups in total. The second-order valence-electron chi connectivity index (χ2n) is 13.6. The minimum atomic E-state index is -1.51. The number of hydrogen-bond acceptors (Lipinski definition) is 12. The van der Waals surface area contributed by atoms with Gasteiger partial charge in [-0.25, -0.2) is 0 Å². The van der Waals surface area contributed by atoms with Gasteiger partial charge in [0.15, 0.2) is 18.4 Å². The van der Waals surface area contributed by atoms with Gasteiger partial charge in [0.1, 0.15) is 24.6 Å². The molecule has 0 bridgehead atoms. The zero-order valence-corrected chi connectivity index (χ0v) is 29.5. The first kappa shape index (κ1) is 40.6. The molecule has 0 spiro atoms. The third kappa shape index (κ3) is 11.3. The van der Waals surface area contributed by atoms with Gasteiger partial charge in [0.25, 0.3) is 0 Å². The Bertz CT molecular complexity index is 1250. The smallest absolute Gasteiger partial charge is 0.308 e. The van der Waals surface area contributed by atoms with Crippen molar-refractivity contribution in [1.29, 1.82) is 0 Å². The van der Waals surface area contributed by atoms with E-state index < -0.39 is 85.2 Å². The summed E-state index contributed by atoms with van der Waals surface area (Å²) < 4.78 is 24.0. The Hall–Kier alpha value is -2.81. The van der Waals surface area contributed by atoms with Crippen molar-refractivity contribution >= 4 is 18.0 Å². The second-order valence-corrected chi connectivity index (χ2v) is 13.6. The van der Waals surface area contributed by atoms with Crippen molar-refractivity contribution in [2.45, 2.75) is 109 Å². The number of benzene rings is 1. The first-order valence-corrected chi connectivity index (χ1v) is 17.1. The van der Waals surface area contributed by atoms with Crippen LogP contribution in [0.2, 0.25) is 0 Å². The first-order valence-electron chi connectivity index (χ1n) is 17.1. The maximum atomic E-state index is 13.2. The number of rotatable bonds is 10. The predicted molar refractivity (Wildman–Crippen MR) is 181 cm³/mol. The number of aldehydes is 1. The molecule has 1 aromatic rings. The molecule has 274 valence electrons. The van der Waals surface area contributed by atoms with E-state index in [-0.39, 0.29) is 31.8 Å². The summed E-state index contributed by atoms with van der Waals surface area (Å²) in [6.07, 6.45) is -2.56. The second kappa shape index (κ2) is 19.5. The summed E-state index contributed by atoms with van der Waals surface area (Å²) in [5.74, 6) is -3.43. The zero-order valence-electron chi connectivity index (χ0n) is 29.5. The van der Waals surface area contributed by atoms with Crippen molar-refractivity contribution in [3.8, 4) is 0 Å². The number of carbonyl (C=O) groups excluding carboxylic acids is 3. The number of nitrogens with zero attached hydrogens (tertiary/aromatic N) is 1. The standard InChI is InChI=1S/C37H55NO11/c1-7-30-27(20-40)17-22(2)13-14-28(41)23(3)18-26(15-16-39)34(24(4)29(42)19-31(43)47-30)48-37-33(44)32(38(5)6)35(36(45)49-37)46-21-25-11-9-8-10-12-25/h8-14,16-17,23-24,26-27,29-30,32-37,40,42,44-45H,7,15,18-21H2,1-6H3/b14-13+,22-17+/t23-,24+,26+,27-,29-,30-,32-,33-,34-,35+,36+,37-/m1/s1. The fourth-order valence-electron chi connectivity index (χ4n) is 6.67. The first-order chi connectivity index (χ1) is 23.3. The SMILES string of the molecule is CC[C@H]1OC(=O)C[C@@H](O)[C@H](C)[C@@H](O[C@@H]2O[C@H](O)[C@@H](OCc3ccccc3)[C@H](N(C)C)[C@H]2O)[C@@H](CC=O)C[C@@H](C)C(=O)/C=C/C(C)=C/[C@@H]1CO. The number of ketones is 1. The zero-order chi connectivity index (χ0) is 36.2. The quantitative estimate of drug-likeness (QED) is 0.209. The molecule has 12 atom stereocenters. The average Bonchev–Trinajstić information content (AvgIpc) is 3.07. The van der Waals surface area contributed by atoms with Crippen molar-refractivity contribution in [2.24, 2.45) is 23.7 Å². The Balaban J connectivity index is 1.95. The lowest BCUT2D eigenvalue weighted by molar-refractivity contribution is -0.351. The molecule has 0 aromatic heterocycles. The molecular weight excluding hydrogens is 634 g/mol. The van der Waals surface area contributed by atoms with Crippen LogP contribution < -0.4 is 0 Å². The highest BCUT2D eigenvalue weighted by molar-refractivity contribution is 5.91. The molecule has 12 heteroatoms. The van der Waals surface area contributed by atoms with Gasteiger partial charge >= 0.3 is 5.97 Å². The maximum absolute atomic E-state index is 13.2.